The van der Waals surface area contributed by atoms with Crippen LogP contribution in [-0.4, -0.2) is 50.5 Å². The number of pyridine rings is 1. The second-order valence-electron chi connectivity index (χ2n) is 7.33. The maximum absolute atomic E-state index is 5.48. The number of aryl methyl sites for hydroxylation is 1. The molecule has 1 aliphatic rings. The average molecular weight is 387 g/mol. The molecule has 0 spiro atoms. The molecular formula is C19H26N6OS. The minimum atomic E-state index is 0.526. The first-order valence-corrected chi connectivity index (χ1v) is 10.4. The van der Waals surface area contributed by atoms with Crippen molar-refractivity contribution in [2.45, 2.75) is 38.2 Å². The van der Waals surface area contributed by atoms with Crippen LogP contribution in [0.2, 0.25) is 0 Å². The van der Waals surface area contributed by atoms with Crippen molar-refractivity contribution in [2.75, 3.05) is 31.2 Å². The molecule has 0 atom stereocenters. The highest BCUT2D eigenvalue weighted by atomic mass is 32.2. The van der Waals surface area contributed by atoms with Crippen LogP contribution in [0, 0.1) is 12.8 Å². The maximum atomic E-state index is 5.48. The lowest BCUT2D eigenvalue weighted by Crippen LogP contribution is -2.38. The molecule has 8 heteroatoms. The summed E-state index contributed by atoms with van der Waals surface area (Å²) in [5.74, 6) is 2.26. The summed E-state index contributed by atoms with van der Waals surface area (Å²) in [6.07, 6.45) is 4.14. The lowest BCUT2D eigenvalue weighted by molar-refractivity contribution is 0.121. The quantitative estimate of drug-likeness (QED) is 0.607. The standard InChI is InChI=1S/C19H26N6OS/c1-14(2)11-25-18(23-7-9-26-10-8-23)21-22-19(25)27-13-16-12-24-6-4-5-15(3)17(24)20-16/h4-6,12,14H,7-11,13H2,1-3H3. The SMILES string of the molecule is Cc1cccn2cc(CSc3nnc(N4CCOCC4)n3CC(C)C)nc12. The molecule has 0 aromatic carbocycles. The third-order valence-corrected chi connectivity index (χ3v) is 5.62. The van der Waals surface area contributed by atoms with Gasteiger partial charge in [0.05, 0.1) is 18.9 Å². The van der Waals surface area contributed by atoms with Gasteiger partial charge in [-0.3, -0.25) is 4.57 Å². The van der Waals surface area contributed by atoms with Gasteiger partial charge in [0.25, 0.3) is 0 Å². The summed E-state index contributed by atoms with van der Waals surface area (Å²) in [5.41, 5.74) is 3.26. The van der Waals surface area contributed by atoms with Gasteiger partial charge in [-0.15, -0.1) is 10.2 Å². The summed E-state index contributed by atoms with van der Waals surface area (Å²) in [4.78, 5) is 7.05. The van der Waals surface area contributed by atoms with E-state index in [0.717, 1.165) is 61.0 Å². The van der Waals surface area contributed by atoms with Crippen molar-refractivity contribution in [3.05, 3.63) is 35.8 Å². The van der Waals surface area contributed by atoms with Crippen LogP contribution in [0.3, 0.4) is 0 Å². The molecule has 1 fully saturated rings. The van der Waals surface area contributed by atoms with Crippen LogP contribution in [0.4, 0.5) is 5.95 Å². The van der Waals surface area contributed by atoms with Gasteiger partial charge < -0.3 is 14.0 Å². The van der Waals surface area contributed by atoms with Crippen molar-refractivity contribution in [1.82, 2.24) is 24.1 Å². The second kappa shape index (κ2) is 7.90. The largest absolute Gasteiger partial charge is 0.378 e. The van der Waals surface area contributed by atoms with Crippen molar-refractivity contribution in [2.24, 2.45) is 5.92 Å². The van der Waals surface area contributed by atoms with Crippen LogP contribution < -0.4 is 4.90 Å². The molecule has 3 aromatic rings. The lowest BCUT2D eigenvalue weighted by atomic mass is 10.2. The Kier molecular flexibility index (Phi) is 5.36. The minimum absolute atomic E-state index is 0.526. The fourth-order valence-electron chi connectivity index (χ4n) is 3.32. The van der Waals surface area contributed by atoms with Crippen LogP contribution in [0.15, 0.2) is 29.7 Å². The highest BCUT2D eigenvalue weighted by Gasteiger charge is 2.21. The zero-order valence-electron chi connectivity index (χ0n) is 16.1. The molecule has 144 valence electrons. The third-order valence-electron chi connectivity index (χ3n) is 4.62. The molecular weight excluding hydrogens is 360 g/mol. The highest BCUT2D eigenvalue weighted by Crippen LogP contribution is 2.27. The van der Waals surface area contributed by atoms with Gasteiger partial charge in [-0.25, -0.2) is 4.98 Å². The van der Waals surface area contributed by atoms with E-state index in [1.165, 1.54) is 5.56 Å². The van der Waals surface area contributed by atoms with Gasteiger partial charge >= 0.3 is 0 Å². The molecule has 7 nitrogen and oxygen atoms in total. The molecule has 1 saturated heterocycles. The van der Waals surface area contributed by atoms with Crippen molar-refractivity contribution >= 4 is 23.4 Å². The van der Waals surface area contributed by atoms with Crippen molar-refractivity contribution in [3.8, 4) is 0 Å². The number of hydrogen-bond donors (Lipinski definition) is 0. The van der Waals surface area contributed by atoms with Crippen LogP contribution in [0.5, 0.6) is 0 Å². The van der Waals surface area contributed by atoms with E-state index < -0.39 is 0 Å². The van der Waals surface area contributed by atoms with E-state index in [2.05, 4.69) is 63.2 Å². The van der Waals surface area contributed by atoms with Crippen LogP contribution in [0.1, 0.15) is 25.1 Å². The minimum Gasteiger partial charge on any atom is -0.378 e. The fraction of sp³-hybridized carbons (Fsp3) is 0.526. The van der Waals surface area contributed by atoms with E-state index >= 15 is 0 Å². The molecule has 0 aliphatic carbocycles. The summed E-state index contributed by atoms with van der Waals surface area (Å²) in [6, 6.07) is 4.14. The van der Waals surface area contributed by atoms with E-state index in [-0.39, 0.29) is 0 Å². The lowest BCUT2D eigenvalue weighted by Gasteiger charge is -2.28. The van der Waals surface area contributed by atoms with Gasteiger partial charge in [0, 0.05) is 37.8 Å². The normalized spacial score (nSPS) is 15.2. The number of imidazole rings is 1. The molecule has 27 heavy (non-hydrogen) atoms. The summed E-state index contributed by atoms with van der Waals surface area (Å²) in [6.45, 7) is 10.7. The Labute approximate surface area is 163 Å². The van der Waals surface area contributed by atoms with E-state index in [1.807, 2.05) is 6.20 Å². The smallest absolute Gasteiger partial charge is 0.228 e. The van der Waals surface area contributed by atoms with Gasteiger partial charge in [0.15, 0.2) is 5.16 Å². The predicted molar refractivity (Wildman–Crippen MR) is 107 cm³/mol. The van der Waals surface area contributed by atoms with Crippen LogP contribution in [-0.2, 0) is 17.0 Å². The van der Waals surface area contributed by atoms with Gasteiger partial charge in [-0.2, -0.15) is 0 Å². The van der Waals surface area contributed by atoms with Gasteiger partial charge in [-0.05, 0) is 24.5 Å². The summed E-state index contributed by atoms with van der Waals surface area (Å²) >= 11 is 1.70. The number of hydrogen-bond acceptors (Lipinski definition) is 6. The summed E-state index contributed by atoms with van der Waals surface area (Å²) < 4.78 is 9.82. The molecule has 3 aromatic heterocycles. The Balaban J connectivity index is 1.55. The topological polar surface area (TPSA) is 60.5 Å². The van der Waals surface area contributed by atoms with Crippen LogP contribution in [0.25, 0.3) is 5.65 Å². The number of fused-ring (bicyclic) bond motifs is 1. The number of ether oxygens (including phenoxy) is 1. The Morgan fingerprint density at radius 2 is 2.04 bits per heavy atom. The number of anilines is 1. The molecule has 0 bridgehead atoms. The van der Waals surface area contributed by atoms with Crippen molar-refractivity contribution < 1.29 is 4.74 Å². The average Bonchev–Trinajstić information content (AvgIpc) is 3.25. The zero-order chi connectivity index (χ0) is 18.8. The number of thioether (sulfide) groups is 1. The fourth-order valence-corrected chi connectivity index (χ4v) is 4.15. The first-order chi connectivity index (χ1) is 13.1. The molecule has 0 N–H and O–H groups in total. The van der Waals surface area contributed by atoms with E-state index in [1.54, 1.807) is 11.8 Å². The second-order valence-corrected chi connectivity index (χ2v) is 8.27. The monoisotopic (exact) mass is 386 g/mol. The Morgan fingerprint density at radius 3 is 2.78 bits per heavy atom. The van der Waals surface area contributed by atoms with Crippen molar-refractivity contribution in [1.29, 1.82) is 0 Å². The molecule has 0 unspecified atom stereocenters. The van der Waals surface area contributed by atoms with Gasteiger partial charge in [0.1, 0.15) is 5.65 Å². The van der Waals surface area contributed by atoms with Crippen LogP contribution >= 0.6 is 11.8 Å². The molecule has 0 amide bonds. The van der Waals surface area contributed by atoms with Crippen molar-refractivity contribution in [3.63, 3.8) is 0 Å². The predicted octanol–water partition coefficient (Wildman–Crippen LogP) is 3.02. The first-order valence-electron chi connectivity index (χ1n) is 9.43. The number of rotatable bonds is 6. The summed E-state index contributed by atoms with van der Waals surface area (Å²) in [7, 11) is 0. The Hall–Kier alpha value is -2.06. The van der Waals surface area contributed by atoms with E-state index in [0.29, 0.717) is 5.92 Å². The molecule has 1 aliphatic heterocycles. The zero-order valence-corrected chi connectivity index (χ0v) is 16.9. The molecule has 0 radical (unpaired) electrons. The van der Waals surface area contributed by atoms with E-state index in [9.17, 15) is 0 Å². The highest BCUT2D eigenvalue weighted by molar-refractivity contribution is 7.98. The molecule has 4 rings (SSSR count). The molecule has 0 saturated carbocycles. The van der Waals surface area contributed by atoms with Gasteiger partial charge in [0.2, 0.25) is 5.95 Å². The van der Waals surface area contributed by atoms with E-state index in [4.69, 9.17) is 9.72 Å². The molecule has 4 heterocycles. The number of nitrogens with zero attached hydrogens (tertiary/aromatic N) is 6. The number of morpholine rings is 1. The number of aromatic nitrogens is 5. The maximum Gasteiger partial charge on any atom is 0.228 e. The Bertz CT molecular complexity index is 912. The third kappa shape index (κ3) is 3.96. The first kappa shape index (κ1) is 18.3. The Morgan fingerprint density at radius 1 is 1.22 bits per heavy atom. The summed E-state index contributed by atoms with van der Waals surface area (Å²) in [5, 5.41) is 9.95. The van der Waals surface area contributed by atoms with Gasteiger partial charge in [-0.1, -0.05) is 31.7 Å².